The highest BCUT2D eigenvalue weighted by molar-refractivity contribution is 5.94. The second kappa shape index (κ2) is 6.70. The van der Waals surface area contributed by atoms with Crippen LogP contribution in [0.4, 0.5) is 0 Å². The first-order valence-corrected chi connectivity index (χ1v) is 6.70. The molecule has 2 rings (SSSR count). The third-order valence-electron chi connectivity index (χ3n) is 3.20. The largest absolute Gasteiger partial charge is 0.481 e. The van der Waals surface area contributed by atoms with E-state index in [4.69, 9.17) is 5.11 Å². The van der Waals surface area contributed by atoms with Crippen molar-refractivity contribution in [3.8, 4) is 0 Å². The Hall–Kier alpha value is -2.62. The quantitative estimate of drug-likeness (QED) is 0.886. The number of carboxylic acids is 1. The SMILES string of the molecule is Cc1ccc(C(=O)N[C@@H](CC(=O)O)c2ccccc2)cc1. The lowest BCUT2D eigenvalue weighted by atomic mass is 10.0. The lowest BCUT2D eigenvalue weighted by Crippen LogP contribution is -2.30. The molecule has 1 atom stereocenters. The second-order valence-electron chi connectivity index (χ2n) is 4.90. The number of carbonyl (C=O) groups excluding carboxylic acids is 1. The summed E-state index contributed by atoms with van der Waals surface area (Å²) in [4.78, 5) is 23.2. The van der Waals surface area contributed by atoms with E-state index in [1.807, 2.05) is 49.4 Å². The van der Waals surface area contributed by atoms with E-state index in [0.717, 1.165) is 11.1 Å². The Balaban J connectivity index is 2.17. The Morgan fingerprint density at radius 2 is 1.67 bits per heavy atom. The van der Waals surface area contributed by atoms with Gasteiger partial charge in [-0.15, -0.1) is 0 Å². The Kier molecular flexibility index (Phi) is 4.72. The molecule has 0 aliphatic rings. The zero-order valence-electron chi connectivity index (χ0n) is 11.7. The van der Waals surface area contributed by atoms with Gasteiger partial charge in [0.05, 0.1) is 12.5 Å². The number of hydrogen-bond acceptors (Lipinski definition) is 2. The van der Waals surface area contributed by atoms with Crippen LogP contribution in [0.1, 0.15) is 33.9 Å². The zero-order valence-corrected chi connectivity index (χ0v) is 11.7. The van der Waals surface area contributed by atoms with Crippen LogP contribution in [0.2, 0.25) is 0 Å². The van der Waals surface area contributed by atoms with Gasteiger partial charge in [0.1, 0.15) is 0 Å². The summed E-state index contributed by atoms with van der Waals surface area (Å²) in [5.74, 6) is -1.22. The topological polar surface area (TPSA) is 66.4 Å². The molecule has 0 unspecified atom stereocenters. The minimum absolute atomic E-state index is 0.151. The molecule has 2 N–H and O–H groups in total. The molecule has 0 aliphatic heterocycles. The third kappa shape index (κ3) is 4.18. The van der Waals surface area contributed by atoms with Crippen LogP contribution in [0.25, 0.3) is 0 Å². The molecule has 21 heavy (non-hydrogen) atoms. The smallest absolute Gasteiger partial charge is 0.305 e. The van der Waals surface area contributed by atoms with E-state index in [2.05, 4.69) is 5.32 Å². The predicted octanol–water partition coefficient (Wildman–Crippen LogP) is 2.94. The van der Waals surface area contributed by atoms with Gasteiger partial charge in [-0.05, 0) is 24.6 Å². The first kappa shape index (κ1) is 14.8. The molecule has 0 bridgehead atoms. The summed E-state index contributed by atoms with van der Waals surface area (Å²) in [5.41, 5.74) is 2.36. The minimum Gasteiger partial charge on any atom is -0.481 e. The maximum absolute atomic E-state index is 12.2. The van der Waals surface area contributed by atoms with E-state index >= 15 is 0 Å². The molecule has 2 aromatic rings. The maximum Gasteiger partial charge on any atom is 0.305 e. The maximum atomic E-state index is 12.2. The van der Waals surface area contributed by atoms with Gasteiger partial charge >= 0.3 is 5.97 Å². The number of carboxylic acid groups (broad SMARTS) is 1. The molecule has 0 aliphatic carbocycles. The fraction of sp³-hybridized carbons (Fsp3) is 0.176. The number of aliphatic carboxylic acids is 1. The van der Waals surface area contributed by atoms with Gasteiger partial charge in [0.25, 0.3) is 5.91 Å². The zero-order chi connectivity index (χ0) is 15.2. The molecular weight excluding hydrogens is 266 g/mol. The molecule has 4 heteroatoms. The van der Waals surface area contributed by atoms with Gasteiger partial charge in [0.2, 0.25) is 0 Å². The molecular formula is C17H17NO3. The monoisotopic (exact) mass is 283 g/mol. The predicted molar refractivity (Wildman–Crippen MR) is 80.1 cm³/mol. The lowest BCUT2D eigenvalue weighted by Gasteiger charge is -2.17. The second-order valence-corrected chi connectivity index (χ2v) is 4.90. The first-order chi connectivity index (χ1) is 10.1. The van der Waals surface area contributed by atoms with Crippen LogP contribution in [0, 0.1) is 6.92 Å². The highest BCUT2D eigenvalue weighted by atomic mass is 16.4. The molecule has 0 spiro atoms. The van der Waals surface area contributed by atoms with Crippen LogP contribution in [-0.4, -0.2) is 17.0 Å². The summed E-state index contributed by atoms with van der Waals surface area (Å²) in [6.07, 6.45) is -0.151. The van der Waals surface area contributed by atoms with Crippen molar-refractivity contribution in [1.29, 1.82) is 0 Å². The molecule has 0 aromatic heterocycles. The van der Waals surface area contributed by atoms with Crippen LogP contribution < -0.4 is 5.32 Å². The number of carbonyl (C=O) groups is 2. The van der Waals surface area contributed by atoms with E-state index in [1.165, 1.54) is 0 Å². The van der Waals surface area contributed by atoms with Crippen molar-refractivity contribution >= 4 is 11.9 Å². The van der Waals surface area contributed by atoms with E-state index in [9.17, 15) is 9.59 Å². The van der Waals surface area contributed by atoms with Gasteiger partial charge in [-0.2, -0.15) is 0 Å². The normalized spacial score (nSPS) is 11.7. The number of amides is 1. The molecule has 4 nitrogen and oxygen atoms in total. The molecule has 0 saturated heterocycles. The van der Waals surface area contributed by atoms with E-state index in [1.54, 1.807) is 12.1 Å². The summed E-state index contributed by atoms with van der Waals surface area (Å²) < 4.78 is 0. The summed E-state index contributed by atoms with van der Waals surface area (Å²) >= 11 is 0. The molecule has 1 amide bonds. The number of hydrogen-bond donors (Lipinski definition) is 2. The van der Waals surface area contributed by atoms with Crippen LogP contribution in [0.15, 0.2) is 54.6 Å². The van der Waals surface area contributed by atoms with Crippen molar-refractivity contribution in [2.45, 2.75) is 19.4 Å². The Morgan fingerprint density at radius 3 is 2.24 bits per heavy atom. The van der Waals surface area contributed by atoms with Gasteiger partial charge < -0.3 is 10.4 Å². The fourth-order valence-electron chi connectivity index (χ4n) is 2.06. The summed E-state index contributed by atoms with van der Waals surface area (Å²) in [6, 6.07) is 15.7. The lowest BCUT2D eigenvalue weighted by molar-refractivity contribution is -0.137. The number of benzene rings is 2. The van der Waals surface area contributed by atoms with Crippen LogP contribution >= 0.6 is 0 Å². The molecule has 0 heterocycles. The minimum atomic E-state index is -0.951. The van der Waals surface area contributed by atoms with Crippen LogP contribution in [0.5, 0.6) is 0 Å². The van der Waals surface area contributed by atoms with E-state index in [0.29, 0.717) is 5.56 Å². The van der Waals surface area contributed by atoms with Crippen LogP contribution in [0.3, 0.4) is 0 Å². The van der Waals surface area contributed by atoms with Crippen molar-refractivity contribution in [2.75, 3.05) is 0 Å². The average Bonchev–Trinajstić information content (AvgIpc) is 2.47. The summed E-state index contributed by atoms with van der Waals surface area (Å²) in [5, 5.41) is 11.8. The van der Waals surface area contributed by atoms with Crippen molar-refractivity contribution in [3.63, 3.8) is 0 Å². The summed E-state index contributed by atoms with van der Waals surface area (Å²) in [7, 11) is 0. The first-order valence-electron chi connectivity index (χ1n) is 6.70. The molecule has 0 fully saturated rings. The third-order valence-corrected chi connectivity index (χ3v) is 3.20. The van der Waals surface area contributed by atoms with Crippen molar-refractivity contribution in [2.24, 2.45) is 0 Å². The van der Waals surface area contributed by atoms with Gasteiger partial charge in [-0.25, -0.2) is 0 Å². The van der Waals surface area contributed by atoms with Gasteiger partial charge in [-0.3, -0.25) is 9.59 Å². The molecule has 2 aromatic carbocycles. The Labute approximate surface area is 123 Å². The van der Waals surface area contributed by atoms with Gasteiger partial charge in [-0.1, -0.05) is 48.0 Å². The Bertz CT molecular complexity index is 620. The molecule has 0 radical (unpaired) electrons. The van der Waals surface area contributed by atoms with Crippen LogP contribution in [-0.2, 0) is 4.79 Å². The van der Waals surface area contributed by atoms with Gasteiger partial charge in [0, 0.05) is 5.56 Å². The van der Waals surface area contributed by atoms with Crippen molar-refractivity contribution < 1.29 is 14.7 Å². The number of rotatable bonds is 5. The molecule has 108 valence electrons. The van der Waals surface area contributed by atoms with Crippen molar-refractivity contribution in [3.05, 3.63) is 71.3 Å². The van der Waals surface area contributed by atoms with Crippen molar-refractivity contribution in [1.82, 2.24) is 5.32 Å². The number of aryl methyl sites for hydroxylation is 1. The van der Waals surface area contributed by atoms with E-state index < -0.39 is 12.0 Å². The van der Waals surface area contributed by atoms with E-state index in [-0.39, 0.29) is 12.3 Å². The fourth-order valence-corrected chi connectivity index (χ4v) is 2.06. The highest BCUT2D eigenvalue weighted by Crippen LogP contribution is 2.17. The number of nitrogens with one attached hydrogen (secondary N) is 1. The standard InChI is InChI=1S/C17H17NO3/c1-12-7-9-14(10-8-12)17(21)18-15(11-16(19)20)13-5-3-2-4-6-13/h2-10,15H,11H2,1H3,(H,18,21)(H,19,20)/t15-/m0/s1. The molecule has 0 saturated carbocycles. The highest BCUT2D eigenvalue weighted by Gasteiger charge is 2.18. The Morgan fingerprint density at radius 1 is 1.05 bits per heavy atom. The summed E-state index contributed by atoms with van der Waals surface area (Å²) in [6.45, 7) is 1.94. The average molecular weight is 283 g/mol. The van der Waals surface area contributed by atoms with Gasteiger partial charge in [0.15, 0.2) is 0 Å².